The lowest BCUT2D eigenvalue weighted by molar-refractivity contribution is 0.415. The van der Waals surface area contributed by atoms with E-state index in [-0.39, 0.29) is 0 Å². The SMILES string of the molecule is COc1cccc(-c2csc(-c3sc(Nc4ccc(N(C)C)cc4)nc3N)n2)c1. The van der Waals surface area contributed by atoms with Crippen LogP contribution in [0.1, 0.15) is 0 Å². The molecule has 2 aromatic heterocycles. The van der Waals surface area contributed by atoms with E-state index >= 15 is 0 Å². The van der Waals surface area contributed by atoms with E-state index in [0.717, 1.165) is 43.4 Å². The van der Waals surface area contributed by atoms with Crippen LogP contribution in [0.3, 0.4) is 0 Å². The van der Waals surface area contributed by atoms with Gasteiger partial charge in [-0.1, -0.05) is 23.5 Å². The fourth-order valence-electron chi connectivity index (χ4n) is 2.80. The maximum absolute atomic E-state index is 6.18. The van der Waals surface area contributed by atoms with Gasteiger partial charge in [-0.05, 0) is 36.4 Å². The molecule has 4 aromatic rings. The van der Waals surface area contributed by atoms with Gasteiger partial charge in [0.15, 0.2) is 5.13 Å². The highest BCUT2D eigenvalue weighted by Crippen LogP contribution is 2.39. The van der Waals surface area contributed by atoms with E-state index < -0.39 is 0 Å². The van der Waals surface area contributed by atoms with Crippen LogP contribution in [0.4, 0.5) is 22.3 Å². The quantitative estimate of drug-likeness (QED) is 0.436. The van der Waals surface area contributed by atoms with E-state index in [2.05, 4.69) is 27.3 Å². The van der Waals surface area contributed by atoms with Crippen LogP contribution in [0.25, 0.3) is 21.1 Å². The first kappa shape index (κ1) is 19.2. The van der Waals surface area contributed by atoms with Crippen molar-refractivity contribution in [1.29, 1.82) is 0 Å². The third kappa shape index (κ3) is 4.18. The second-order valence-corrected chi connectivity index (χ2v) is 8.43. The van der Waals surface area contributed by atoms with Crippen LogP contribution in [0, 0.1) is 0 Å². The van der Waals surface area contributed by atoms with Crippen LogP contribution in [-0.2, 0) is 0 Å². The van der Waals surface area contributed by atoms with Gasteiger partial charge >= 0.3 is 0 Å². The average molecular weight is 424 g/mol. The van der Waals surface area contributed by atoms with Gasteiger partial charge in [-0.2, -0.15) is 0 Å². The first-order chi connectivity index (χ1) is 14.0. The Labute approximate surface area is 177 Å². The van der Waals surface area contributed by atoms with Crippen molar-refractivity contribution in [2.75, 3.05) is 37.2 Å². The highest BCUT2D eigenvalue weighted by atomic mass is 32.1. The minimum absolute atomic E-state index is 0.481. The summed E-state index contributed by atoms with van der Waals surface area (Å²) in [5, 5.41) is 6.95. The Morgan fingerprint density at radius 3 is 2.59 bits per heavy atom. The lowest BCUT2D eigenvalue weighted by atomic mass is 10.2. The highest BCUT2D eigenvalue weighted by Gasteiger charge is 2.15. The van der Waals surface area contributed by atoms with Gasteiger partial charge in [0.2, 0.25) is 0 Å². The van der Waals surface area contributed by atoms with Gasteiger partial charge in [-0.15, -0.1) is 11.3 Å². The molecule has 0 atom stereocenters. The third-order valence-corrected chi connectivity index (χ3v) is 6.33. The van der Waals surface area contributed by atoms with Crippen LogP contribution in [-0.4, -0.2) is 31.2 Å². The molecule has 8 heteroatoms. The predicted octanol–water partition coefficient (Wildman–Crippen LogP) is 5.33. The Hall–Kier alpha value is -3.10. The first-order valence-corrected chi connectivity index (χ1v) is 10.6. The van der Waals surface area contributed by atoms with Crippen molar-refractivity contribution < 1.29 is 4.74 Å². The molecular formula is C21H21N5OS2. The van der Waals surface area contributed by atoms with E-state index in [4.69, 9.17) is 15.5 Å². The summed E-state index contributed by atoms with van der Waals surface area (Å²) in [5.74, 6) is 1.29. The maximum atomic E-state index is 6.18. The fourth-order valence-corrected chi connectivity index (χ4v) is 4.63. The Bertz CT molecular complexity index is 1120. The van der Waals surface area contributed by atoms with Crippen molar-refractivity contribution in [3.05, 3.63) is 53.9 Å². The minimum atomic E-state index is 0.481. The first-order valence-electron chi connectivity index (χ1n) is 8.94. The molecule has 0 aliphatic rings. The van der Waals surface area contributed by atoms with Crippen LogP contribution in [0.5, 0.6) is 5.75 Å². The number of methoxy groups -OCH3 is 1. The van der Waals surface area contributed by atoms with Crippen molar-refractivity contribution in [3.63, 3.8) is 0 Å². The van der Waals surface area contributed by atoms with Crippen molar-refractivity contribution in [3.8, 4) is 26.9 Å². The molecule has 0 aliphatic heterocycles. The molecule has 0 bridgehead atoms. The van der Waals surface area contributed by atoms with Crippen molar-refractivity contribution >= 4 is 45.0 Å². The molecule has 0 radical (unpaired) electrons. The summed E-state index contributed by atoms with van der Waals surface area (Å²) in [6.45, 7) is 0. The molecule has 0 saturated heterocycles. The molecule has 0 unspecified atom stereocenters. The molecule has 0 aliphatic carbocycles. The topological polar surface area (TPSA) is 76.3 Å². The van der Waals surface area contributed by atoms with Crippen molar-refractivity contribution in [1.82, 2.24) is 9.97 Å². The second kappa shape index (κ2) is 8.10. The lowest BCUT2D eigenvalue weighted by Gasteiger charge is -2.12. The van der Waals surface area contributed by atoms with Gasteiger partial charge < -0.3 is 20.7 Å². The van der Waals surface area contributed by atoms with Gasteiger partial charge in [-0.25, -0.2) is 9.97 Å². The summed E-state index contributed by atoms with van der Waals surface area (Å²) in [6.07, 6.45) is 0. The minimum Gasteiger partial charge on any atom is -0.497 e. The number of nitrogens with two attached hydrogens (primary N) is 1. The van der Waals surface area contributed by atoms with Gasteiger partial charge in [0, 0.05) is 36.4 Å². The molecular weight excluding hydrogens is 402 g/mol. The molecule has 29 heavy (non-hydrogen) atoms. The summed E-state index contributed by atoms with van der Waals surface area (Å²) in [5.41, 5.74) is 10.2. The van der Waals surface area contributed by atoms with Gasteiger partial charge in [-0.3, -0.25) is 0 Å². The number of thiazole rings is 2. The number of hydrogen-bond donors (Lipinski definition) is 2. The summed E-state index contributed by atoms with van der Waals surface area (Å²) < 4.78 is 5.30. The van der Waals surface area contributed by atoms with Crippen LogP contribution in [0.2, 0.25) is 0 Å². The van der Waals surface area contributed by atoms with Crippen LogP contribution >= 0.6 is 22.7 Å². The summed E-state index contributed by atoms with van der Waals surface area (Å²) in [7, 11) is 5.69. The lowest BCUT2D eigenvalue weighted by Crippen LogP contribution is -2.08. The van der Waals surface area contributed by atoms with E-state index in [1.165, 1.54) is 11.3 Å². The number of anilines is 4. The molecule has 2 aromatic carbocycles. The molecule has 4 rings (SSSR count). The zero-order chi connectivity index (χ0) is 20.4. The number of nitrogens with one attached hydrogen (secondary N) is 1. The number of benzene rings is 2. The Kier molecular flexibility index (Phi) is 5.37. The van der Waals surface area contributed by atoms with E-state index in [1.807, 2.05) is 55.9 Å². The molecule has 0 amide bonds. The smallest absolute Gasteiger partial charge is 0.189 e. The van der Waals surface area contributed by atoms with E-state index in [9.17, 15) is 0 Å². The number of hydrogen-bond acceptors (Lipinski definition) is 8. The van der Waals surface area contributed by atoms with Crippen LogP contribution < -0.4 is 20.7 Å². The van der Waals surface area contributed by atoms with Gasteiger partial charge in [0.25, 0.3) is 0 Å². The standard InChI is InChI=1S/C21H21N5OS2/c1-26(2)15-9-7-14(8-10-15)23-21-25-19(22)18(29-21)20-24-17(12-28-20)13-5-4-6-16(11-13)27-3/h4-12H,22H2,1-3H3,(H,23,25). The summed E-state index contributed by atoms with van der Waals surface area (Å²) in [4.78, 5) is 12.2. The number of nitrogens with zero attached hydrogens (tertiary/aromatic N) is 3. The molecule has 0 fully saturated rings. The molecule has 6 nitrogen and oxygen atoms in total. The zero-order valence-corrected chi connectivity index (χ0v) is 18.0. The maximum Gasteiger partial charge on any atom is 0.189 e. The van der Waals surface area contributed by atoms with Gasteiger partial charge in [0.1, 0.15) is 21.5 Å². The normalized spacial score (nSPS) is 10.7. The molecule has 0 saturated carbocycles. The van der Waals surface area contributed by atoms with Gasteiger partial charge in [0.05, 0.1) is 12.8 Å². The molecule has 148 valence electrons. The average Bonchev–Trinajstić information content (AvgIpc) is 3.35. The molecule has 3 N–H and O–H groups in total. The Morgan fingerprint density at radius 1 is 1.07 bits per heavy atom. The fraction of sp³-hybridized carbons (Fsp3) is 0.143. The van der Waals surface area contributed by atoms with Crippen molar-refractivity contribution in [2.24, 2.45) is 0 Å². The number of aromatic nitrogens is 2. The van der Waals surface area contributed by atoms with Crippen molar-refractivity contribution in [2.45, 2.75) is 0 Å². The molecule has 0 spiro atoms. The zero-order valence-electron chi connectivity index (χ0n) is 16.3. The molecule has 2 heterocycles. The predicted molar refractivity (Wildman–Crippen MR) is 124 cm³/mol. The highest BCUT2D eigenvalue weighted by molar-refractivity contribution is 7.23. The number of nitrogen functional groups attached to an aromatic ring is 1. The second-order valence-electron chi connectivity index (χ2n) is 6.57. The number of ether oxygens (including phenoxy) is 1. The largest absolute Gasteiger partial charge is 0.497 e. The Balaban J connectivity index is 1.56. The third-order valence-electron chi connectivity index (χ3n) is 4.35. The van der Waals surface area contributed by atoms with E-state index in [0.29, 0.717) is 5.82 Å². The Morgan fingerprint density at radius 2 is 1.86 bits per heavy atom. The van der Waals surface area contributed by atoms with E-state index in [1.54, 1.807) is 18.4 Å². The summed E-state index contributed by atoms with van der Waals surface area (Å²) in [6, 6.07) is 16.0. The van der Waals surface area contributed by atoms with Crippen LogP contribution in [0.15, 0.2) is 53.9 Å². The monoisotopic (exact) mass is 423 g/mol. The number of rotatable bonds is 6. The summed E-state index contributed by atoms with van der Waals surface area (Å²) >= 11 is 3.05.